The van der Waals surface area contributed by atoms with E-state index in [0.717, 1.165) is 0 Å². The summed E-state index contributed by atoms with van der Waals surface area (Å²) in [7, 11) is 3.04. The smallest absolute Gasteiger partial charge is 0.258 e. The molecule has 5 rings (SSSR count). The van der Waals surface area contributed by atoms with Crippen LogP contribution in [0, 0.1) is 11.7 Å². The van der Waals surface area contributed by atoms with Gasteiger partial charge < -0.3 is 10.2 Å². The number of anilines is 1. The molecule has 0 bridgehead atoms. The monoisotopic (exact) mass is 458 g/mol. The molecule has 3 aromatic heterocycles. The Hall–Kier alpha value is -3.53. The quantitative estimate of drug-likeness (QED) is 0.488. The highest BCUT2D eigenvalue weighted by molar-refractivity contribution is 6.36. The van der Waals surface area contributed by atoms with Crippen molar-refractivity contribution in [3.8, 4) is 11.1 Å². The van der Waals surface area contributed by atoms with Gasteiger partial charge in [0, 0.05) is 37.3 Å². The number of halogens is 3. The number of rotatable bonds is 4. The summed E-state index contributed by atoms with van der Waals surface area (Å²) in [5, 5.41) is 13.8. The van der Waals surface area contributed by atoms with Crippen LogP contribution >= 0.6 is 11.6 Å². The van der Waals surface area contributed by atoms with Crippen LogP contribution in [0.4, 0.5) is 14.6 Å². The van der Waals surface area contributed by atoms with Crippen LogP contribution in [0.5, 0.6) is 0 Å². The molecule has 32 heavy (non-hydrogen) atoms. The van der Waals surface area contributed by atoms with Gasteiger partial charge in [-0.25, -0.2) is 13.3 Å². The fourth-order valence-electron chi connectivity index (χ4n) is 3.69. The molecular weight excluding hydrogens is 442 g/mol. The Bertz CT molecular complexity index is 1410. The normalized spacial score (nSPS) is 17.7. The molecule has 0 unspecified atom stereocenters. The molecule has 0 spiro atoms. The maximum absolute atomic E-state index is 15.2. The van der Waals surface area contributed by atoms with E-state index in [0.29, 0.717) is 22.0 Å². The van der Waals surface area contributed by atoms with Gasteiger partial charge in [0.05, 0.1) is 28.2 Å². The lowest BCUT2D eigenvalue weighted by molar-refractivity contribution is -0.117. The molecule has 1 aliphatic rings. The van der Waals surface area contributed by atoms with Crippen LogP contribution in [0.3, 0.4) is 0 Å². The van der Waals surface area contributed by atoms with E-state index in [1.165, 1.54) is 29.7 Å². The lowest BCUT2D eigenvalue weighted by atomic mass is 9.98. The molecular formula is C21H17ClF2N6O2. The second-order valence-corrected chi connectivity index (χ2v) is 8.28. The number of carbonyl (C=O) groups is 2. The number of hydrogen-bond donors (Lipinski definition) is 2. The van der Waals surface area contributed by atoms with Gasteiger partial charge in [-0.3, -0.25) is 14.7 Å². The van der Waals surface area contributed by atoms with Gasteiger partial charge in [0.2, 0.25) is 5.91 Å². The molecule has 2 atom stereocenters. The highest BCUT2D eigenvalue weighted by Gasteiger charge is 2.43. The number of pyridine rings is 1. The summed E-state index contributed by atoms with van der Waals surface area (Å²) < 4.78 is 29.9. The van der Waals surface area contributed by atoms with Gasteiger partial charge in [-0.05, 0) is 24.1 Å². The van der Waals surface area contributed by atoms with E-state index in [-0.39, 0.29) is 28.3 Å². The average molecular weight is 459 g/mol. The molecule has 0 radical (unpaired) electrons. The number of aromatic nitrogens is 4. The first-order chi connectivity index (χ1) is 15.3. The number of alkyl halides is 1. The van der Waals surface area contributed by atoms with Crippen LogP contribution in [0.25, 0.3) is 27.5 Å². The number of aromatic amines is 1. The fourth-order valence-corrected chi connectivity index (χ4v) is 3.99. The minimum Gasteiger partial charge on any atom is -0.345 e. The number of nitrogens with zero attached hydrogens (tertiary/aromatic N) is 4. The summed E-state index contributed by atoms with van der Waals surface area (Å²) >= 11 is 6.40. The van der Waals surface area contributed by atoms with E-state index in [9.17, 15) is 14.0 Å². The third-order valence-corrected chi connectivity index (χ3v) is 5.82. The third-order valence-electron chi connectivity index (χ3n) is 5.46. The molecule has 11 heteroatoms. The number of carbonyl (C=O) groups excluding carboxylic acids is 2. The zero-order chi connectivity index (χ0) is 22.7. The molecule has 0 saturated heterocycles. The lowest BCUT2D eigenvalue weighted by Gasteiger charge is -2.15. The van der Waals surface area contributed by atoms with Gasteiger partial charge in [-0.15, -0.1) is 0 Å². The van der Waals surface area contributed by atoms with E-state index in [1.807, 2.05) is 0 Å². The zero-order valence-corrected chi connectivity index (χ0v) is 17.7. The second kappa shape index (κ2) is 7.27. The maximum atomic E-state index is 15.2. The number of benzene rings is 1. The van der Waals surface area contributed by atoms with E-state index in [4.69, 9.17) is 11.6 Å². The number of fused-ring (bicyclic) bond motifs is 2. The van der Waals surface area contributed by atoms with Gasteiger partial charge in [0.15, 0.2) is 11.6 Å². The SMILES string of the molecule is CN(C)C(=O)c1c(F)c(Cl)c(-c2ccn3nc(NC(=O)[C@@H]4C[C@@H]4F)cc3c2)c2cn[nH]c12. The van der Waals surface area contributed by atoms with Crippen LogP contribution in [-0.2, 0) is 4.79 Å². The molecule has 0 aliphatic heterocycles. The molecule has 1 fully saturated rings. The highest BCUT2D eigenvalue weighted by atomic mass is 35.5. The van der Waals surface area contributed by atoms with Crippen molar-refractivity contribution in [3.05, 3.63) is 47.0 Å². The Kier molecular flexibility index (Phi) is 4.63. The summed E-state index contributed by atoms with van der Waals surface area (Å²) in [6.45, 7) is 0. The molecule has 1 saturated carbocycles. The van der Waals surface area contributed by atoms with Crippen molar-refractivity contribution in [1.29, 1.82) is 0 Å². The number of nitrogens with one attached hydrogen (secondary N) is 2. The summed E-state index contributed by atoms with van der Waals surface area (Å²) in [5.41, 5.74) is 1.60. The Morgan fingerprint density at radius 3 is 2.78 bits per heavy atom. The van der Waals surface area contributed by atoms with Crippen LogP contribution in [0.1, 0.15) is 16.8 Å². The van der Waals surface area contributed by atoms with Gasteiger partial charge in [0.25, 0.3) is 5.91 Å². The van der Waals surface area contributed by atoms with Crippen molar-refractivity contribution in [1.82, 2.24) is 24.7 Å². The molecule has 164 valence electrons. The third kappa shape index (κ3) is 3.18. The molecule has 2 N–H and O–H groups in total. The average Bonchev–Trinajstić information content (AvgIpc) is 3.11. The molecule has 2 amide bonds. The Morgan fingerprint density at radius 2 is 2.09 bits per heavy atom. The summed E-state index contributed by atoms with van der Waals surface area (Å²) in [6.07, 6.45) is 2.24. The Labute approximate surface area is 185 Å². The Morgan fingerprint density at radius 1 is 1.34 bits per heavy atom. The van der Waals surface area contributed by atoms with Crippen molar-refractivity contribution in [2.45, 2.75) is 12.6 Å². The van der Waals surface area contributed by atoms with E-state index in [1.54, 1.807) is 24.4 Å². The largest absolute Gasteiger partial charge is 0.345 e. The van der Waals surface area contributed by atoms with Gasteiger partial charge in [-0.1, -0.05) is 11.6 Å². The zero-order valence-electron chi connectivity index (χ0n) is 17.0. The molecule has 3 heterocycles. The molecule has 8 nitrogen and oxygen atoms in total. The molecule has 1 aliphatic carbocycles. The van der Waals surface area contributed by atoms with Crippen molar-refractivity contribution in [3.63, 3.8) is 0 Å². The van der Waals surface area contributed by atoms with Crippen LogP contribution in [0.15, 0.2) is 30.6 Å². The van der Waals surface area contributed by atoms with Gasteiger partial charge in [0.1, 0.15) is 11.7 Å². The highest BCUT2D eigenvalue weighted by Crippen LogP contribution is 2.40. The number of H-pyrrole nitrogens is 1. The van der Waals surface area contributed by atoms with E-state index >= 15 is 4.39 Å². The number of amides is 2. The first-order valence-electron chi connectivity index (χ1n) is 9.76. The van der Waals surface area contributed by atoms with Crippen molar-refractivity contribution in [2.24, 2.45) is 5.92 Å². The van der Waals surface area contributed by atoms with Crippen LogP contribution in [-0.4, -0.2) is 56.8 Å². The summed E-state index contributed by atoms with van der Waals surface area (Å²) in [5.74, 6) is -2.14. The second-order valence-electron chi connectivity index (χ2n) is 7.90. The lowest BCUT2D eigenvalue weighted by Crippen LogP contribution is -2.23. The minimum atomic E-state index is -1.10. The summed E-state index contributed by atoms with van der Waals surface area (Å²) in [6, 6.07) is 5.03. The van der Waals surface area contributed by atoms with Crippen molar-refractivity contribution in [2.75, 3.05) is 19.4 Å². The van der Waals surface area contributed by atoms with Crippen LogP contribution < -0.4 is 5.32 Å². The first-order valence-corrected chi connectivity index (χ1v) is 10.1. The summed E-state index contributed by atoms with van der Waals surface area (Å²) in [4.78, 5) is 25.8. The number of hydrogen-bond acceptors (Lipinski definition) is 4. The standard InChI is InChI=1S/C21H17ClF2N6O2/c1-29(2)21(32)16-18(24)17(22)15(12-8-25-27-19(12)16)9-3-4-30-10(5-9)6-14(28-30)26-20(31)11-7-13(11)23/h3-6,8,11,13H,7H2,1-2H3,(H,25,27)(H,26,28,31)/t11-,13+/m1/s1. The maximum Gasteiger partial charge on any atom is 0.258 e. The molecule has 4 aromatic rings. The van der Waals surface area contributed by atoms with Gasteiger partial charge in [-0.2, -0.15) is 10.2 Å². The predicted molar refractivity (Wildman–Crippen MR) is 115 cm³/mol. The van der Waals surface area contributed by atoms with Crippen LogP contribution in [0.2, 0.25) is 5.02 Å². The fraction of sp³-hybridized carbons (Fsp3) is 0.238. The first kappa shape index (κ1) is 20.4. The van der Waals surface area contributed by atoms with Crippen molar-refractivity contribution >= 4 is 45.7 Å². The van der Waals surface area contributed by atoms with Crippen molar-refractivity contribution < 1.29 is 18.4 Å². The van der Waals surface area contributed by atoms with E-state index in [2.05, 4.69) is 20.6 Å². The van der Waals surface area contributed by atoms with Gasteiger partial charge >= 0.3 is 0 Å². The van der Waals surface area contributed by atoms with E-state index < -0.39 is 29.7 Å². The topological polar surface area (TPSA) is 95.4 Å². The predicted octanol–water partition coefficient (Wildman–Crippen LogP) is 3.67. The Balaban J connectivity index is 1.59. The molecule has 1 aromatic carbocycles. The minimum absolute atomic E-state index is 0.182.